The van der Waals surface area contributed by atoms with E-state index in [1.54, 1.807) is 14.2 Å². The minimum Gasteiger partial charge on any atom is -0.497 e. The zero-order chi connectivity index (χ0) is 22.4. The minimum atomic E-state index is -0.173. The average molecular weight is 431 g/mol. The molecule has 9 heteroatoms. The highest BCUT2D eigenvalue weighted by molar-refractivity contribution is 5.80. The van der Waals surface area contributed by atoms with Crippen LogP contribution in [0.4, 0.5) is 5.69 Å². The number of anilines is 1. The number of nitrogens with zero attached hydrogens (tertiary/aromatic N) is 4. The second kappa shape index (κ2) is 9.89. The SMILES string of the molecule is CCNC(=NCc1noc(C(C)(C)C)n1)NC1CCN(c2cc(OC)cc(OC)c2)C1. The van der Waals surface area contributed by atoms with Gasteiger partial charge in [-0.1, -0.05) is 25.9 Å². The van der Waals surface area contributed by atoms with E-state index in [1.165, 1.54) is 0 Å². The summed E-state index contributed by atoms with van der Waals surface area (Å²) in [5.41, 5.74) is 0.914. The van der Waals surface area contributed by atoms with Gasteiger partial charge in [0.15, 0.2) is 11.8 Å². The molecule has 0 amide bonds. The number of ether oxygens (including phenoxy) is 2. The van der Waals surface area contributed by atoms with Gasteiger partial charge in [-0.15, -0.1) is 0 Å². The van der Waals surface area contributed by atoms with Crippen LogP contribution in [0.15, 0.2) is 27.7 Å². The van der Waals surface area contributed by atoms with Gasteiger partial charge in [-0.3, -0.25) is 0 Å². The Morgan fingerprint density at radius 3 is 2.52 bits per heavy atom. The molecule has 1 aliphatic heterocycles. The van der Waals surface area contributed by atoms with Crippen LogP contribution >= 0.6 is 0 Å². The zero-order valence-electron chi connectivity index (χ0n) is 19.4. The van der Waals surface area contributed by atoms with Gasteiger partial charge in [-0.25, -0.2) is 4.99 Å². The topological polar surface area (TPSA) is 97.0 Å². The number of aromatic nitrogens is 2. The quantitative estimate of drug-likeness (QED) is 0.511. The van der Waals surface area contributed by atoms with Gasteiger partial charge in [-0.05, 0) is 13.3 Å². The van der Waals surface area contributed by atoms with E-state index in [9.17, 15) is 0 Å². The highest BCUT2D eigenvalue weighted by atomic mass is 16.5. The summed E-state index contributed by atoms with van der Waals surface area (Å²) in [6.07, 6.45) is 1.00. The van der Waals surface area contributed by atoms with E-state index in [4.69, 9.17) is 14.0 Å². The van der Waals surface area contributed by atoms with Gasteiger partial charge in [0.2, 0.25) is 5.89 Å². The number of nitrogens with one attached hydrogen (secondary N) is 2. The van der Waals surface area contributed by atoms with Crippen molar-refractivity contribution in [3.63, 3.8) is 0 Å². The molecule has 1 unspecified atom stereocenters. The largest absolute Gasteiger partial charge is 0.497 e. The second-order valence-electron chi connectivity index (χ2n) is 8.61. The summed E-state index contributed by atoms with van der Waals surface area (Å²) in [5, 5.41) is 10.9. The van der Waals surface area contributed by atoms with Crippen molar-refractivity contribution >= 4 is 11.6 Å². The molecule has 1 aromatic carbocycles. The molecule has 1 fully saturated rings. The highest BCUT2D eigenvalue weighted by Crippen LogP contribution is 2.30. The van der Waals surface area contributed by atoms with Gasteiger partial charge in [0.05, 0.1) is 14.2 Å². The standard InChI is InChI=1S/C22H34N6O3/c1-7-23-21(24-13-19-26-20(31-27-19)22(2,3)4)25-15-8-9-28(14-15)16-10-17(29-5)12-18(11-16)30-6/h10-12,15H,7-9,13-14H2,1-6H3,(H2,23,24,25). The third-order valence-corrected chi connectivity index (χ3v) is 5.06. The van der Waals surface area contributed by atoms with Crippen molar-refractivity contribution in [3.05, 3.63) is 29.9 Å². The molecule has 1 aromatic heterocycles. The first kappa shape index (κ1) is 22.7. The van der Waals surface area contributed by atoms with E-state index >= 15 is 0 Å². The molecule has 1 atom stereocenters. The van der Waals surface area contributed by atoms with E-state index < -0.39 is 0 Å². The monoisotopic (exact) mass is 430 g/mol. The number of rotatable bonds is 7. The first-order chi connectivity index (χ1) is 14.8. The van der Waals surface area contributed by atoms with Crippen molar-refractivity contribution in [2.45, 2.75) is 52.1 Å². The lowest BCUT2D eigenvalue weighted by atomic mass is 9.97. The fourth-order valence-corrected chi connectivity index (χ4v) is 3.37. The second-order valence-corrected chi connectivity index (χ2v) is 8.61. The van der Waals surface area contributed by atoms with Crippen molar-refractivity contribution in [1.29, 1.82) is 0 Å². The molecule has 1 aliphatic rings. The van der Waals surface area contributed by atoms with E-state index in [-0.39, 0.29) is 11.5 Å². The van der Waals surface area contributed by atoms with Crippen LogP contribution in [0.2, 0.25) is 0 Å². The van der Waals surface area contributed by atoms with E-state index in [0.717, 1.165) is 49.2 Å². The van der Waals surface area contributed by atoms with Gasteiger partial charge >= 0.3 is 0 Å². The Kier molecular flexibility index (Phi) is 7.25. The fraction of sp³-hybridized carbons (Fsp3) is 0.591. The van der Waals surface area contributed by atoms with Crippen LogP contribution in [0.1, 0.15) is 45.8 Å². The lowest BCUT2D eigenvalue weighted by Gasteiger charge is -2.21. The Morgan fingerprint density at radius 1 is 1.23 bits per heavy atom. The highest BCUT2D eigenvalue weighted by Gasteiger charge is 2.25. The first-order valence-corrected chi connectivity index (χ1v) is 10.7. The average Bonchev–Trinajstić information content (AvgIpc) is 3.41. The summed E-state index contributed by atoms with van der Waals surface area (Å²) in [7, 11) is 3.33. The molecule has 0 bridgehead atoms. The molecule has 2 N–H and O–H groups in total. The van der Waals surface area contributed by atoms with Gasteiger partial charge in [0.25, 0.3) is 0 Å². The zero-order valence-corrected chi connectivity index (χ0v) is 19.4. The molecule has 170 valence electrons. The van der Waals surface area contributed by atoms with Gasteiger partial charge < -0.3 is 29.5 Å². The summed E-state index contributed by atoms with van der Waals surface area (Å²) in [4.78, 5) is 11.4. The number of guanidine groups is 1. The number of aliphatic imine (C=N–C) groups is 1. The molecule has 2 aromatic rings. The van der Waals surface area contributed by atoms with E-state index in [0.29, 0.717) is 18.3 Å². The molecule has 3 rings (SSSR count). The summed E-state index contributed by atoms with van der Waals surface area (Å²) in [6, 6.07) is 6.22. The molecule has 2 heterocycles. The molecule has 0 aliphatic carbocycles. The van der Waals surface area contributed by atoms with Gasteiger partial charge in [0, 0.05) is 55.0 Å². The number of benzene rings is 1. The maximum Gasteiger partial charge on any atom is 0.232 e. The van der Waals surface area contributed by atoms with Crippen molar-refractivity contribution in [2.75, 3.05) is 38.8 Å². The Balaban J connectivity index is 1.63. The predicted molar refractivity (Wildman–Crippen MR) is 121 cm³/mol. The molecule has 0 spiro atoms. The smallest absolute Gasteiger partial charge is 0.232 e. The summed E-state index contributed by atoms with van der Waals surface area (Å²) >= 11 is 0. The van der Waals surface area contributed by atoms with Crippen molar-refractivity contribution < 1.29 is 14.0 Å². The van der Waals surface area contributed by atoms with Crippen molar-refractivity contribution in [3.8, 4) is 11.5 Å². The van der Waals surface area contributed by atoms with Gasteiger partial charge in [0.1, 0.15) is 18.0 Å². The van der Waals surface area contributed by atoms with Crippen LogP contribution in [0.25, 0.3) is 0 Å². The Morgan fingerprint density at radius 2 is 1.94 bits per heavy atom. The summed E-state index contributed by atoms with van der Waals surface area (Å²) < 4.78 is 16.2. The maximum atomic E-state index is 5.41. The van der Waals surface area contributed by atoms with Crippen LogP contribution in [-0.2, 0) is 12.0 Å². The Hall–Kier alpha value is -2.97. The predicted octanol–water partition coefficient (Wildman–Crippen LogP) is 2.72. The Bertz CT molecular complexity index is 867. The minimum absolute atomic E-state index is 0.173. The number of methoxy groups -OCH3 is 2. The van der Waals surface area contributed by atoms with Crippen LogP contribution in [-0.4, -0.2) is 56.0 Å². The van der Waals surface area contributed by atoms with Crippen LogP contribution in [0.5, 0.6) is 11.5 Å². The first-order valence-electron chi connectivity index (χ1n) is 10.7. The van der Waals surface area contributed by atoms with Crippen LogP contribution < -0.4 is 25.0 Å². The lowest BCUT2D eigenvalue weighted by Crippen LogP contribution is -2.44. The molecular formula is C22H34N6O3. The summed E-state index contributed by atoms with van der Waals surface area (Å²) in [5.74, 6) is 3.53. The van der Waals surface area contributed by atoms with Crippen LogP contribution in [0.3, 0.4) is 0 Å². The molecular weight excluding hydrogens is 396 g/mol. The lowest BCUT2D eigenvalue weighted by molar-refractivity contribution is 0.318. The molecule has 1 saturated heterocycles. The van der Waals surface area contributed by atoms with Crippen LogP contribution in [0, 0.1) is 0 Å². The third-order valence-electron chi connectivity index (χ3n) is 5.06. The van der Waals surface area contributed by atoms with Gasteiger partial charge in [-0.2, -0.15) is 4.98 Å². The van der Waals surface area contributed by atoms with E-state index in [1.807, 2.05) is 45.9 Å². The van der Waals surface area contributed by atoms with E-state index in [2.05, 4.69) is 30.7 Å². The fourth-order valence-electron chi connectivity index (χ4n) is 3.37. The molecule has 0 saturated carbocycles. The molecule has 31 heavy (non-hydrogen) atoms. The number of hydrogen-bond donors (Lipinski definition) is 2. The maximum absolute atomic E-state index is 5.41. The summed E-state index contributed by atoms with van der Waals surface area (Å²) in [6.45, 7) is 11.1. The Labute approximate surface area is 184 Å². The number of hydrogen-bond acceptors (Lipinski definition) is 7. The normalized spacial score (nSPS) is 17.0. The molecule has 0 radical (unpaired) electrons. The third kappa shape index (κ3) is 6.02. The van der Waals surface area contributed by atoms with Crippen molar-refractivity contribution in [2.24, 2.45) is 4.99 Å². The molecule has 9 nitrogen and oxygen atoms in total. The van der Waals surface area contributed by atoms with Crippen molar-refractivity contribution in [1.82, 2.24) is 20.8 Å².